The van der Waals surface area contributed by atoms with Gasteiger partial charge in [-0.3, -0.25) is 10.1 Å². The number of amides is 1. The number of terminal acetylenes is 1. The summed E-state index contributed by atoms with van der Waals surface area (Å²) in [5, 5.41) is 3.10. The van der Waals surface area contributed by atoms with Gasteiger partial charge in [-0.1, -0.05) is 19.8 Å². The van der Waals surface area contributed by atoms with Crippen LogP contribution in [0, 0.1) is 18.3 Å². The van der Waals surface area contributed by atoms with Gasteiger partial charge in [-0.25, -0.2) is 0 Å². The third-order valence-electron chi connectivity index (χ3n) is 2.68. The number of ether oxygens (including phenoxy) is 1. The zero-order chi connectivity index (χ0) is 12.0. The van der Waals surface area contributed by atoms with E-state index >= 15 is 0 Å². The fourth-order valence-corrected chi connectivity index (χ4v) is 1.76. The van der Waals surface area contributed by atoms with Crippen LogP contribution in [-0.4, -0.2) is 49.7 Å². The van der Waals surface area contributed by atoms with E-state index in [2.05, 4.69) is 11.2 Å². The van der Waals surface area contributed by atoms with E-state index in [0.29, 0.717) is 32.8 Å². The van der Waals surface area contributed by atoms with Crippen molar-refractivity contribution < 1.29 is 9.53 Å². The van der Waals surface area contributed by atoms with E-state index in [4.69, 9.17) is 11.2 Å². The van der Waals surface area contributed by atoms with Gasteiger partial charge in [0.25, 0.3) is 0 Å². The average Bonchev–Trinajstić information content (AvgIpc) is 2.30. The molecule has 0 aromatic rings. The molecule has 0 aromatic heterocycles. The molecule has 0 radical (unpaired) electrons. The Morgan fingerprint density at radius 3 is 2.62 bits per heavy atom. The molecule has 4 heteroatoms. The predicted molar refractivity (Wildman–Crippen MR) is 62.9 cm³/mol. The van der Waals surface area contributed by atoms with E-state index in [1.54, 1.807) is 0 Å². The lowest BCUT2D eigenvalue weighted by atomic mass is 10.0. The first-order chi connectivity index (χ1) is 7.66. The lowest BCUT2D eigenvalue weighted by Gasteiger charge is -2.32. The van der Waals surface area contributed by atoms with Gasteiger partial charge in [0, 0.05) is 13.1 Å². The topological polar surface area (TPSA) is 41.6 Å². The van der Waals surface area contributed by atoms with E-state index in [0.717, 1.165) is 0 Å². The maximum atomic E-state index is 12.2. The van der Waals surface area contributed by atoms with Crippen molar-refractivity contribution in [3.8, 4) is 12.3 Å². The lowest BCUT2D eigenvalue weighted by Crippen LogP contribution is -2.52. The number of hydrogen-bond acceptors (Lipinski definition) is 3. The molecule has 90 valence electrons. The molecule has 1 fully saturated rings. The average molecular weight is 224 g/mol. The highest BCUT2D eigenvalue weighted by Gasteiger charge is 2.27. The van der Waals surface area contributed by atoms with Gasteiger partial charge >= 0.3 is 0 Å². The van der Waals surface area contributed by atoms with Crippen LogP contribution < -0.4 is 5.32 Å². The molecule has 1 amide bonds. The molecule has 1 aliphatic heterocycles. The van der Waals surface area contributed by atoms with Gasteiger partial charge in [0.2, 0.25) is 5.91 Å². The summed E-state index contributed by atoms with van der Waals surface area (Å²) in [6.07, 6.45) is 5.20. The van der Waals surface area contributed by atoms with Crippen LogP contribution in [-0.2, 0) is 9.53 Å². The monoisotopic (exact) mass is 224 g/mol. The SMILES string of the molecule is C#CCN[C@@H](C(=O)N1CCOCC1)C(C)C. The maximum absolute atomic E-state index is 12.2. The second-order valence-electron chi connectivity index (χ2n) is 4.24. The standard InChI is InChI=1S/C12H20N2O2/c1-4-5-13-11(10(2)3)12(15)14-6-8-16-9-7-14/h1,10-11,13H,5-9H2,2-3H3/t11-/m1/s1. The molecule has 1 rings (SSSR count). The number of morpholine rings is 1. The quantitative estimate of drug-likeness (QED) is 0.688. The molecule has 1 N–H and O–H groups in total. The molecule has 1 aliphatic rings. The van der Waals surface area contributed by atoms with Crippen molar-refractivity contribution in [2.24, 2.45) is 5.92 Å². The first kappa shape index (κ1) is 13.0. The summed E-state index contributed by atoms with van der Waals surface area (Å²) in [5.41, 5.74) is 0. The Labute approximate surface area is 97.3 Å². The summed E-state index contributed by atoms with van der Waals surface area (Å²) in [7, 11) is 0. The largest absolute Gasteiger partial charge is 0.378 e. The van der Waals surface area contributed by atoms with Crippen LogP contribution in [0.3, 0.4) is 0 Å². The Morgan fingerprint density at radius 1 is 1.50 bits per heavy atom. The number of rotatable bonds is 4. The summed E-state index contributed by atoms with van der Waals surface area (Å²) in [5.74, 6) is 2.88. The Bertz CT molecular complexity index is 265. The van der Waals surface area contributed by atoms with Crippen LogP contribution in [0.1, 0.15) is 13.8 Å². The van der Waals surface area contributed by atoms with Crippen molar-refractivity contribution >= 4 is 5.91 Å². The first-order valence-corrected chi connectivity index (χ1v) is 5.70. The minimum Gasteiger partial charge on any atom is -0.378 e. The predicted octanol–water partition coefficient (Wildman–Crippen LogP) is 0.0926. The Morgan fingerprint density at radius 2 is 2.12 bits per heavy atom. The number of hydrogen-bond donors (Lipinski definition) is 1. The molecule has 0 spiro atoms. The van der Waals surface area contributed by atoms with Crippen molar-refractivity contribution in [3.05, 3.63) is 0 Å². The Kier molecular flexibility index (Phi) is 5.30. The molecule has 0 aromatic carbocycles. The maximum Gasteiger partial charge on any atom is 0.240 e. The smallest absolute Gasteiger partial charge is 0.240 e. The van der Waals surface area contributed by atoms with Gasteiger partial charge in [-0.05, 0) is 5.92 Å². The molecule has 4 nitrogen and oxygen atoms in total. The van der Waals surface area contributed by atoms with Crippen LogP contribution in [0.4, 0.5) is 0 Å². The van der Waals surface area contributed by atoms with Crippen LogP contribution in [0.5, 0.6) is 0 Å². The number of carbonyl (C=O) groups excluding carboxylic acids is 1. The van der Waals surface area contributed by atoms with Crippen molar-refractivity contribution in [3.63, 3.8) is 0 Å². The summed E-state index contributed by atoms with van der Waals surface area (Å²) < 4.78 is 5.22. The van der Waals surface area contributed by atoms with E-state index in [9.17, 15) is 4.79 Å². The third-order valence-corrected chi connectivity index (χ3v) is 2.68. The van der Waals surface area contributed by atoms with E-state index < -0.39 is 0 Å². The molecule has 0 aliphatic carbocycles. The summed E-state index contributed by atoms with van der Waals surface area (Å²) >= 11 is 0. The van der Waals surface area contributed by atoms with Gasteiger partial charge < -0.3 is 9.64 Å². The fraction of sp³-hybridized carbons (Fsp3) is 0.750. The van der Waals surface area contributed by atoms with E-state index in [1.807, 2.05) is 18.7 Å². The molecular formula is C12H20N2O2. The van der Waals surface area contributed by atoms with Crippen LogP contribution >= 0.6 is 0 Å². The number of nitrogens with one attached hydrogen (secondary N) is 1. The molecular weight excluding hydrogens is 204 g/mol. The molecule has 0 unspecified atom stereocenters. The summed E-state index contributed by atoms with van der Waals surface area (Å²) in [6.45, 7) is 7.09. The van der Waals surface area contributed by atoms with Gasteiger partial charge in [-0.2, -0.15) is 0 Å². The minimum absolute atomic E-state index is 0.133. The van der Waals surface area contributed by atoms with Crippen LogP contribution in [0.25, 0.3) is 0 Å². The van der Waals surface area contributed by atoms with Gasteiger partial charge in [-0.15, -0.1) is 6.42 Å². The summed E-state index contributed by atoms with van der Waals surface area (Å²) in [4.78, 5) is 14.0. The summed E-state index contributed by atoms with van der Waals surface area (Å²) in [6, 6.07) is -0.186. The van der Waals surface area contributed by atoms with E-state index in [1.165, 1.54) is 0 Å². The molecule has 0 bridgehead atoms. The zero-order valence-electron chi connectivity index (χ0n) is 10.0. The van der Waals surface area contributed by atoms with Gasteiger partial charge in [0.15, 0.2) is 0 Å². The van der Waals surface area contributed by atoms with E-state index in [-0.39, 0.29) is 17.9 Å². The lowest BCUT2D eigenvalue weighted by molar-refractivity contribution is -0.138. The van der Waals surface area contributed by atoms with Gasteiger partial charge in [0.05, 0.1) is 25.8 Å². The molecule has 16 heavy (non-hydrogen) atoms. The zero-order valence-corrected chi connectivity index (χ0v) is 10.0. The number of nitrogens with zero attached hydrogens (tertiary/aromatic N) is 1. The Balaban J connectivity index is 2.55. The fourth-order valence-electron chi connectivity index (χ4n) is 1.76. The van der Waals surface area contributed by atoms with Crippen LogP contribution in [0.2, 0.25) is 0 Å². The molecule has 1 saturated heterocycles. The molecule has 1 atom stereocenters. The molecule has 0 saturated carbocycles. The number of carbonyl (C=O) groups is 1. The van der Waals surface area contributed by atoms with Crippen molar-refractivity contribution in [2.75, 3.05) is 32.8 Å². The third kappa shape index (κ3) is 3.51. The Hall–Kier alpha value is -1.05. The molecule has 1 heterocycles. The second kappa shape index (κ2) is 6.51. The highest BCUT2D eigenvalue weighted by molar-refractivity contribution is 5.82. The highest BCUT2D eigenvalue weighted by Crippen LogP contribution is 2.08. The van der Waals surface area contributed by atoms with Gasteiger partial charge in [0.1, 0.15) is 0 Å². The van der Waals surface area contributed by atoms with Crippen LogP contribution in [0.15, 0.2) is 0 Å². The van der Waals surface area contributed by atoms with Crippen molar-refractivity contribution in [2.45, 2.75) is 19.9 Å². The van der Waals surface area contributed by atoms with Crippen molar-refractivity contribution in [1.29, 1.82) is 0 Å². The van der Waals surface area contributed by atoms with Crippen molar-refractivity contribution in [1.82, 2.24) is 10.2 Å². The second-order valence-corrected chi connectivity index (χ2v) is 4.24. The first-order valence-electron chi connectivity index (χ1n) is 5.70. The normalized spacial score (nSPS) is 18.2. The minimum atomic E-state index is -0.186. The highest BCUT2D eigenvalue weighted by atomic mass is 16.5.